The van der Waals surface area contributed by atoms with Crippen LogP contribution in [0.15, 0.2) is 18.2 Å². The molecule has 1 N–H and O–H groups in total. The van der Waals surface area contributed by atoms with E-state index in [0.717, 1.165) is 19.3 Å². The first-order chi connectivity index (χ1) is 10.7. The topological polar surface area (TPSA) is 38.3 Å². The number of hydrogen-bond donors (Lipinski definition) is 1. The highest BCUT2D eigenvalue weighted by Gasteiger charge is 2.39. The maximum Gasteiger partial charge on any atom is 0.227 e. The van der Waals surface area contributed by atoms with Gasteiger partial charge in [0.15, 0.2) is 11.6 Å². The summed E-state index contributed by atoms with van der Waals surface area (Å²) in [4.78, 5) is 12.8. The minimum absolute atomic E-state index is 0.000965. The molecule has 1 aliphatic carbocycles. The fourth-order valence-corrected chi connectivity index (χ4v) is 3.67. The van der Waals surface area contributed by atoms with Crippen molar-refractivity contribution in [2.45, 2.75) is 47.0 Å². The highest BCUT2D eigenvalue weighted by atomic mass is 19.1. The van der Waals surface area contributed by atoms with E-state index in [2.05, 4.69) is 33.0 Å². The zero-order chi connectivity index (χ0) is 17.2. The number of carbonyl (C=O) groups excluding carboxylic acids is 1. The summed E-state index contributed by atoms with van der Waals surface area (Å²) >= 11 is 0. The van der Waals surface area contributed by atoms with Gasteiger partial charge in [0.25, 0.3) is 0 Å². The van der Waals surface area contributed by atoms with Crippen molar-refractivity contribution >= 4 is 11.6 Å². The summed E-state index contributed by atoms with van der Waals surface area (Å²) in [5.41, 5.74) is 0.664. The zero-order valence-electron chi connectivity index (χ0n) is 14.8. The van der Waals surface area contributed by atoms with Crippen LogP contribution < -0.4 is 10.1 Å². The van der Waals surface area contributed by atoms with E-state index in [1.165, 1.54) is 19.2 Å². The van der Waals surface area contributed by atoms with E-state index in [1.807, 2.05) is 0 Å². The Bertz CT molecular complexity index is 568. The van der Waals surface area contributed by atoms with Gasteiger partial charge in [0.05, 0.1) is 7.11 Å². The third-order valence-corrected chi connectivity index (χ3v) is 5.06. The molecule has 1 amide bonds. The summed E-state index contributed by atoms with van der Waals surface area (Å²) in [7, 11) is 1.42. The molecule has 1 fully saturated rings. The maximum absolute atomic E-state index is 13.8. The van der Waals surface area contributed by atoms with Gasteiger partial charge in [-0.05, 0) is 48.6 Å². The highest BCUT2D eigenvalue weighted by molar-refractivity contribution is 5.93. The van der Waals surface area contributed by atoms with E-state index >= 15 is 0 Å². The lowest BCUT2D eigenvalue weighted by Gasteiger charge is -2.41. The third-order valence-electron chi connectivity index (χ3n) is 5.06. The molecule has 0 saturated heterocycles. The average Bonchev–Trinajstić information content (AvgIpc) is 2.46. The molecule has 2 rings (SSSR count). The van der Waals surface area contributed by atoms with Crippen LogP contribution in [0.5, 0.6) is 5.75 Å². The number of ether oxygens (including phenoxy) is 1. The number of halogens is 1. The minimum Gasteiger partial charge on any atom is -0.494 e. The first-order valence-electron chi connectivity index (χ1n) is 8.38. The Morgan fingerprint density at radius 2 is 2.09 bits per heavy atom. The van der Waals surface area contributed by atoms with Crippen LogP contribution in [0.2, 0.25) is 0 Å². The fourth-order valence-electron chi connectivity index (χ4n) is 3.67. The molecule has 2 unspecified atom stereocenters. The van der Waals surface area contributed by atoms with Gasteiger partial charge in [-0.2, -0.15) is 0 Å². The highest BCUT2D eigenvalue weighted by Crippen LogP contribution is 2.45. The summed E-state index contributed by atoms with van der Waals surface area (Å²) in [5.74, 6) is 0.544. The number of rotatable bonds is 4. The molecule has 128 valence electrons. The normalized spacial score (nSPS) is 23.6. The minimum atomic E-state index is -0.463. The summed E-state index contributed by atoms with van der Waals surface area (Å²) in [5, 5.41) is 2.89. The Morgan fingerprint density at radius 3 is 2.65 bits per heavy atom. The van der Waals surface area contributed by atoms with E-state index in [1.54, 1.807) is 6.07 Å². The van der Waals surface area contributed by atoms with E-state index < -0.39 is 5.82 Å². The van der Waals surface area contributed by atoms with Gasteiger partial charge in [-0.3, -0.25) is 4.79 Å². The number of hydrogen-bond acceptors (Lipinski definition) is 2. The number of anilines is 1. The van der Waals surface area contributed by atoms with Crippen LogP contribution in [0.25, 0.3) is 0 Å². The second-order valence-electron chi connectivity index (χ2n) is 7.76. The van der Waals surface area contributed by atoms with Gasteiger partial charge in [0.1, 0.15) is 0 Å². The lowest BCUT2D eigenvalue weighted by molar-refractivity contribution is -0.125. The second kappa shape index (κ2) is 6.90. The predicted molar refractivity (Wildman–Crippen MR) is 91.0 cm³/mol. The fraction of sp³-hybridized carbons (Fsp3) is 0.632. The van der Waals surface area contributed by atoms with E-state index in [4.69, 9.17) is 4.74 Å². The van der Waals surface area contributed by atoms with Crippen molar-refractivity contribution in [1.82, 2.24) is 0 Å². The molecule has 0 spiro atoms. The van der Waals surface area contributed by atoms with Gasteiger partial charge < -0.3 is 10.1 Å². The van der Waals surface area contributed by atoms with Gasteiger partial charge in [0.2, 0.25) is 5.91 Å². The van der Waals surface area contributed by atoms with Gasteiger partial charge in [0, 0.05) is 17.7 Å². The number of amides is 1. The van der Waals surface area contributed by atoms with Crippen LogP contribution in [-0.4, -0.2) is 13.0 Å². The molecule has 23 heavy (non-hydrogen) atoms. The van der Waals surface area contributed by atoms with Gasteiger partial charge in [-0.1, -0.05) is 27.7 Å². The molecule has 0 bridgehead atoms. The van der Waals surface area contributed by atoms with Crippen molar-refractivity contribution in [1.29, 1.82) is 0 Å². The first kappa shape index (κ1) is 17.8. The smallest absolute Gasteiger partial charge is 0.227 e. The first-order valence-corrected chi connectivity index (χ1v) is 8.38. The Balaban J connectivity index is 2.15. The molecule has 1 aromatic rings. The number of carbonyl (C=O) groups is 1. The van der Waals surface area contributed by atoms with Gasteiger partial charge in [-0.15, -0.1) is 0 Å². The monoisotopic (exact) mass is 321 g/mol. The quantitative estimate of drug-likeness (QED) is 0.859. The van der Waals surface area contributed by atoms with Crippen LogP contribution in [0.3, 0.4) is 0 Å². The molecule has 3 nitrogen and oxygen atoms in total. The van der Waals surface area contributed by atoms with Crippen LogP contribution in [-0.2, 0) is 4.79 Å². The molecule has 4 heteroatoms. The molecule has 1 aliphatic rings. The zero-order valence-corrected chi connectivity index (χ0v) is 14.8. The van der Waals surface area contributed by atoms with Crippen molar-refractivity contribution in [2.75, 3.05) is 12.4 Å². The van der Waals surface area contributed by atoms with Crippen LogP contribution in [0.4, 0.5) is 10.1 Å². The van der Waals surface area contributed by atoms with Crippen LogP contribution >= 0.6 is 0 Å². The standard InChI is InChI=1S/C19H28FNO2/c1-12(2)14-8-9-19(3,4)11-15(14)18(22)21-13-6-7-17(23-5)16(20)10-13/h6-7,10,12,14-15H,8-9,11H2,1-5H3,(H,21,22). The van der Waals surface area contributed by atoms with Gasteiger partial charge >= 0.3 is 0 Å². The Labute approximate surface area is 138 Å². The van der Waals surface area contributed by atoms with Crippen molar-refractivity contribution in [3.63, 3.8) is 0 Å². The molecule has 0 radical (unpaired) electrons. The molecule has 0 aliphatic heterocycles. The molecular weight excluding hydrogens is 293 g/mol. The summed E-state index contributed by atoms with van der Waals surface area (Å²) in [6, 6.07) is 4.53. The number of nitrogens with one attached hydrogen (secondary N) is 1. The van der Waals surface area contributed by atoms with E-state index in [9.17, 15) is 9.18 Å². The molecular formula is C19H28FNO2. The van der Waals surface area contributed by atoms with Gasteiger partial charge in [-0.25, -0.2) is 4.39 Å². The molecule has 0 aromatic heterocycles. The SMILES string of the molecule is COc1ccc(NC(=O)C2CC(C)(C)CCC2C(C)C)cc1F. The predicted octanol–water partition coefficient (Wildman–Crippen LogP) is 4.87. The summed E-state index contributed by atoms with van der Waals surface area (Å²) in [6.07, 6.45) is 3.09. The summed E-state index contributed by atoms with van der Waals surface area (Å²) < 4.78 is 18.7. The summed E-state index contributed by atoms with van der Waals surface area (Å²) in [6.45, 7) is 8.79. The van der Waals surface area contributed by atoms with Crippen molar-refractivity contribution in [3.8, 4) is 5.75 Å². The molecule has 1 aromatic carbocycles. The Morgan fingerprint density at radius 1 is 1.39 bits per heavy atom. The van der Waals surface area contributed by atoms with Crippen molar-refractivity contribution in [3.05, 3.63) is 24.0 Å². The maximum atomic E-state index is 13.8. The lowest BCUT2D eigenvalue weighted by Crippen LogP contribution is -2.39. The van der Waals surface area contributed by atoms with E-state index in [0.29, 0.717) is 17.5 Å². The van der Waals surface area contributed by atoms with Crippen molar-refractivity contribution < 1.29 is 13.9 Å². The van der Waals surface area contributed by atoms with E-state index in [-0.39, 0.29) is 23.0 Å². The Kier molecular flexibility index (Phi) is 5.33. The Hall–Kier alpha value is -1.58. The molecule has 1 saturated carbocycles. The van der Waals surface area contributed by atoms with Crippen molar-refractivity contribution in [2.24, 2.45) is 23.2 Å². The molecule has 2 atom stereocenters. The average molecular weight is 321 g/mol. The third kappa shape index (κ3) is 4.24. The van der Waals surface area contributed by atoms with Crippen LogP contribution in [0.1, 0.15) is 47.0 Å². The van der Waals surface area contributed by atoms with Crippen LogP contribution in [0, 0.1) is 29.0 Å². The largest absolute Gasteiger partial charge is 0.494 e. The number of methoxy groups -OCH3 is 1. The molecule has 0 heterocycles. The number of benzene rings is 1. The lowest BCUT2D eigenvalue weighted by atomic mass is 9.64. The second-order valence-corrected chi connectivity index (χ2v) is 7.76.